The molecule has 11 aromatic rings. The summed E-state index contributed by atoms with van der Waals surface area (Å²) in [7, 11) is 0. The van der Waals surface area contributed by atoms with Crippen molar-refractivity contribution in [1.29, 1.82) is 0 Å². The number of hydrogen-bond acceptors (Lipinski definition) is 2. The van der Waals surface area contributed by atoms with E-state index in [0.717, 1.165) is 45.3 Å². The van der Waals surface area contributed by atoms with Crippen LogP contribution in [0.15, 0.2) is 267 Å². The first-order chi connectivity index (χ1) is 31.7. The number of anilines is 6. The topological polar surface area (TPSA) is 6.48 Å². The molecule has 0 aliphatic carbocycles. The average molecular weight is 817 g/mol. The SMILES string of the molecule is c1ccc(-c2ccc(N(c3ccccc3)c3ccc(-c4ccc5ccccc5c4)cc3)cc2-c2cccc(N(c3ccccc3)c3ccc(-c4ccc5ccccc5c4)cc3)c2)cc1. The van der Waals surface area contributed by atoms with Gasteiger partial charge in [0.05, 0.1) is 0 Å². The fourth-order valence-corrected chi connectivity index (χ4v) is 8.98. The molecule has 0 aliphatic rings. The maximum absolute atomic E-state index is 2.36. The molecular weight excluding hydrogens is 773 g/mol. The van der Waals surface area contributed by atoms with Crippen LogP contribution in [0.1, 0.15) is 0 Å². The molecule has 0 amide bonds. The summed E-state index contributed by atoms with van der Waals surface area (Å²) in [6, 6.07) is 96.4. The van der Waals surface area contributed by atoms with Gasteiger partial charge in [0.1, 0.15) is 0 Å². The molecular formula is C62H44N2. The van der Waals surface area contributed by atoms with Crippen LogP contribution in [-0.4, -0.2) is 0 Å². The van der Waals surface area contributed by atoms with Crippen LogP contribution >= 0.6 is 0 Å². The van der Waals surface area contributed by atoms with Gasteiger partial charge in [0.2, 0.25) is 0 Å². The lowest BCUT2D eigenvalue weighted by Crippen LogP contribution is -2.10. The van der Waals surface area contributed by atoms with Gasteiger partial charge in [-0.25, -0.2) is 0 Å². The highest BCUT2D eigenvalue weighted by molar-refractivity contribution is 5.92. The number of para-hydroxylation sites is 2. The van der Waals surface area contributed by atoms with Crippen molar-refractivity contribution in [2.45, 2.75) is 0 Å². The molecule has 11 aromatic carbocycles. The van der Waals surface area contributed by atoms with Crippen molar-refractivity contribution >= 4 is 55.7 Å². The number of hydrogen-bond donors (Lipinski definition) is 0. The molecule has 0 radical (unpaired) electrons. The zero-order valence-corrected chi connectivity index (χ0v) is 35.3. The molecule has 0 aromatic heterocycles. The van der Waals surface area contributed by atoms with Crippen LogP contribution in [0, 0.1) is 0 Å². The highest BCUT2D eigenvalue weighted by Crippen LogP contribution is 2.43. The van der Waals surface area contributed by atoms with Crippen LogP contribution in [0.4, 0.5) is 34.1 Å². The molecule has 2 heteroatoms. The lowest BCUT2D eigenvalue weighted by molar-refractivity contribution is 1.28. The molecule has 0 unspecified atom stereocenters. The normalized spacial score (nSPS) is 11.1. The summed E-state index contributed by atoms with van der Waals surface area (Å²) in [6.45, 7) is 0. The summed E-state index contributed by atoms with van der Waals surface area (Å²) in [4.78, 5) is 4.72. The molecule has 0 atom stereocenters. The average Bonchev–Trinajstić information content (AvgIpc) is 3.38. The zero-order valence-electron chi connectivity index (χ0n) is 35.3. The first-order valence-corrected chi connectivity index (χ1v) is 21.9. The summed E-state index contributed by atoms with van der Waals surface area (Å²) in [5.74, 6) is 0. The van der Waals surface area contributed by atoms with E-state index >= 15 is 0 Å². The van der Waals surface area contributed by atoms with Crippen LogP contribution in [0.25, 0.3) is 66.1 Å². The number of fused-ring (bicyclic) bond motifs is 2. The largest absolute Gasteiger partial charge is 0.310 e. The van der Waals surface area contributed by atoms with Gasteiger partial charge in [-0.15, -0.1) is 0 Å². The Morgan fingerprint density at radius 1 is 0.172 bits per heavy atom. The molecule has 0 saturated carbocycles. The Morgan fingerprint density at radius 3 is 1.06 bits per heavy atom. The minimum atomic E-state index is 1.08. The second-order valence-corrected chi connectivity index (χ2v) is 16.2. The summed E-state index contributed by atoms with van der Waals surface area (Å²) in [5, 5.41) is 4.98. The van der Waals surface area contributed by atoms with E-state index in [2.05, 4.69) is 277 Å². The summed E-state index contributed by atoms with van der Waals surface area (Å²) >= 11 is 0. The Kier molecular flexibility index (Phi) is 10.3. The van der Waals surface area contributed by atoms with E-state index < -0.39 is 0 Å². The van der Waals surface area contributed by atoms with Crippen LogP contribution in [0.3, 0.4) is 0 Å². The van der Waals surface area contributed by atoms with Crippen LogP contribution < -0.4 is 9.80 Å². The number of rotatable bonds is 10. The maximum atomic E-state index is 2.36. The van der Waals surface area contributed by atoms with E-state index in [4.69, 9.17) is 0 Å². The van der Waals surface area contributed by atoms with Crippen molar-refractivity contribution in [3.05, 3.63) is 267 Å². The van der Waals surface area contributed by atoms with E-state index in [1.165, 1.54) is 54.9 Å². The Hall–Kier alpha value is -8.46. The minimum absolute atomic E-state index is 1.08. The maximum Gasteiger partial charge on any atom is 0.0468 e. The second kappa shape index (κ2) is 17.1. The molecule has 0 fully saturated rings. The third kappa shape index (κ3) is 7.70. The van der Waals surface area contributed by atoms with Gasteiger partial charge in [-0.1, -0.05) is 182 Å². The van der Waals surface area contributed by atoms with E-state index in [0.29, 0.717) is 0 Å². The minimum Gasteiger partial charge on any atom is -0.310 e. The standard InChI is InChI=1S/C62H44N2/c1-4-17-49(18-5-1)61-40-39-60(64(56-24-8-3-9-25-56)58-37-33-48(34-38-58)53-30-28-46-16-11-13-20-51(46)42-53)44-62(61)54-21-14-26-59(43-54)63(55-22-6-2-7-23-55)57-35-31-47(32-36-57)52-29-27-45-15-10-12-19-50(45)41-52/h1-44H. The molecule has 0 aliphatic heterocycles. The molecule has 0 heterocycles. The molecule has 302 valence electrons. The van der Waals surface area contributed by atoms with Crippen molar-refractivity contribution in [3.63, 3.8) is 0 Å². The van der Waals surface area contributed by atoms with E-state index in [1.54, 1.807) is 0 Å². The third-order valence-electron chi connectivity index (χ3n) is 12.2. The van der Waals surface area contributed by atoms with Crippen molar-refractivity contribution in [2.75, 3.05) is 9.80 Å². The first-order valence-electron chi connectivity index (χ1n) is 21.9. The van der Waals surface area contributed by atoms with E-state index in [9.17, 15) is 0 Å². The molecule has 0 bridgehead atoms. The van der Waals surface area contributed by atoms with E-state index in [-0.39, 0.29) is 0 Å². The predicted molar refractivity (Wildman–Crippen MR) is 273 cm³/mol. The highest BCUT2D eigenvalue weighted by Gasteiger charge is 2.19. The zero-order chi connectivity index (χ0) is 42.7. The summed E-state index contributed by atoms with van der Waals surface area (Å²) in [6.07, 6.45) is 0. The fourth-order valence-electron chi connectivity index (χ4n) is 8.98. The van der Waals surface area contributed by atoms with E-state index in [1.807, 2.05) is 0 Å². The first kappa shape index (κ1) is 38.5. The smallest absolute Gasteiger partial charge is 0.0468 e. The van der Waals surface area contributed by atoms with Crippen molar-refractivity contribution in [2.24, 2.45) is 0 Å². The van der Waals surface area contributed by atoms with Crippen molar-refractivity contribution in [1.82, 2.24) is 0 Å². The second-order valence-electron chi connectivity index (χ2n) is 16.2. The van der Waals surface area contributed by atoms with Gasteiger partial charge >= 0.3 is 0 Å². The molecule has 0 spiro atoms. The van der Waals surface area contributed by atoms with Crippen molar-refractivity contribution < 1.29 is 0 Å². The molecule has 11 rings (SSSR count). The van der Waals surface area contributed by atoms with Gasteiger partial charge in [0, 0.05) is 34.1 Å². The van der Waals surface area contributed by atoms with Crippen LogP contribution in [0.5, 0.6) is 0 Å². The quantitative estimate of drug-likeness (QED) is 0.136. The van der Waals surface area contributed by atoms with Crippen molar-refractivity contribution in [3.8, 4) is 44.5 Å². The third-order valence-corrected chi connectivity index (χ3v) is 12.2. The number of nitrogens with zero attached hydrogens (tertiary/aromatic N) is 2. The van der Waals surface area contributed by atoms with Gasteiger partial charge < -0.3 is 9.80 Å². The number of benzene rings is 11. The van der Waals surface area contributed by atoms with Gasteiger partial charge in [-0.05, 0) is 151 Å². The van der Waals surface area contributed by atoms with Gasteiger partial charge in [-0.3, -0.25) is 0 Å². The lowest BCUT2D eigenvalue weighted by Gasteiger charge is -2.28. The van der Waals surface area contributed by atoms with Gasteiger partial charge in [0.25, 0.3) is 0 Å². The lowest BCUT2D eigenvalue weighted by atomic mass is 9.93. The Morgan fingerprint density at radius 2 is 0.547 bits per heavy atom. The summed E-state index contributed by atoms with van der Waals surface area (Å²) in [5.41, 5.74) is 15.9. The molecule has 0 N–H and O–H groups in total. The van der Waals surface area contributed by atoms with Crippen LogP contribution in [0.2, 0.25) is 0 Å². The monoisotopic (exact) mass is 816 g/mol. The Labute approximate surface area is 375 Å². The summed E-state index contributed by atoms with van der Waals surface area (Å²) < 4.78 is 0. The predicted octanol–water partition coefficient (Wildman–Crippen LogP) is 17.6. The van der Waals surface area contributed by atoms with Gasteiger partial charge in [0.15, 0.2) is 0 Å². The Bertz CT molecular complexity index is 3360. The van der Waals surface area contributed by atoms with Gasteiger partial charge in [-0.2, -0.15) is 0 Å². The van der Waals surface area contributed by atoms with Crippen LogP contribution in [-0.2, 0) is 0 Å². The highest BCUT2D eigenvalue weighted by atomic mass is 15.1. The molecule has 0 saturated heterocycles. The molecule has 2 nitrogen and oxygen atoms in total. The Balaban J connectivity index is 1.00. The fraction of sp³-hybridized carbons (Fsp3) is 0. The molecule has 64 heavy (non-hydrogen) atoms.